The van der Waals surface area contributed by atoms with Crippen molar-refractivity contribution in [2.75, 3.05) is 52.7 Å². The van der Waals surface area contributed by atoms with Gasteiger partial charge in [0.2, 0.25) is 0 Å². The van der Waals surface area contributed by atoms with Crippen LogP contribution >= 0.6 is 8.20 Å². The first-order valence-corrected chi connectivity index (χ1v) is 9.08. The lowest BCUT2D eigenvalue weighted by atomic mass is 10.1. The normalized spacial score (nSPS) is 16.4. The summed E-state index contributed by atoms with van der Waals surface area (Å²) in [6.45, 7) is 7.77. The van der Waals surface area contributed by atoms with Crippen molar-refractivity contribution in [1.82, 2.24) is 9.80 Å². The molecule has 0 amide bonds. The fourth-order valence-corrected chi connectivity index (χ4v) is 3.31. The molecule has 0 atom stereocenters. The molecule has 1 aromatic carbocycles. The van der Waals surface area contributed by atoms with E-state index in [9.17, 15) is 4.79 Å². The number of rotatable bonds is 8. The molecule has 6 heteroatoms. The SMILES string of the molecule is C=PCN1CCN(CCOc2c(C)cc(C=O)cc2OC)CC1. The van der Waals surface area contributed by atoms with Crippen LogP contribution in [0.4, 0.5) is 0 Å². The summed E-state index contributed by atoms with van der Waals surface area (Å²) in [4.78, 5) is 15.8. The monoisotopic (exact) mass is 336 g/mol. The summed E-state index contributed by atoms with van der Waals surface area (Å²) in [5.74, 6) is 1.35. The average Bonchev–Trinajstić information content (AvgIpc) is 2.57. The number of nitrogens with zero attached hydrogens (tertiary/aromatic N) is 2. The van der Waals surface area contributed by atoms with Crippen LogP contribution in [-0.4, -0.2) is 75.1 Å². The van der Waals surface area contributed by atoms with E-state index < -0.39 is 0 Å². The van der Waals surface area contributed by atoms with Crippen molar-refractivity contribution in [2.24, 2.45) is 0 Å². The Balaban J connectivity index is 1.85. The second-order valence-electron chi connectivity index (χ2n) is 5.66. The maximum Gasteiger partial charge on any atom is 0.164 e. The van der Waals surface area contributed by atoms with Crippen LogP contribution in [0.2, 0.25) is 0 Å². The molecule has 0 N–H and O–H groups in total. The lowest BCUT2D eigenvalue weighted by Gasteiger charge is -2.33. The smallest absolute Gasteiger partial charge is 0.164 e. The van der Waals surface area contributed by atoms with E-state index in [0.717, 1.165) is 56.6 Å². The molecule has 0 radical (unpaired) electrons. The van der Waals surface area contributed by atoms with Crippen LogP contribution in [0.15, 0.2) is 12.1 Å². The number of piperazine rings is 1. The molecule has 1 aromatic rings. The number of ether oxygens (including phenoxy) is 2. The molecule has 1 fully saturated rings. The topological polar surface area (TPSA) is 42.0 Å². The van der Waals surface area contributed by atoms with Gasteiger partial charge in [0.15, 0.2) is 11.5 Å². The molecule has 0 spiro atoms. The first-order valence-electron chi connectivity index (χ1n) is 7.81. The number of benzene rings is 1. The van der Waals surface area contributed by atoms with Gasteiger partial charge in [0.1, 0.15) is 12.9 Å². The number of aldehydes is 1. The highest BCUT2D eigenvalue weighted by molar-refractivity contribution is 7.36. The minimum Gasteiger partial charge on any atom is -0.493 e. The number of carbonyl (C=O) groups excluding carboxylic acids is 1. The van der Waals surface area contributed by atoms with Crippen molar-refractivity contribution in [3.8, 4) is 11.5 Å². The van der Waals surface area contributed by atoms with E-state index in [1.165, 1.54) is 8.20 Å². The standard InChI is InChI=1S/C17H25N2O3P/c1-14-10-15(12-20)11-16(21-2)17(14)22-9-8-18-4-6-19(7-5-18)13-23-3/h10-12H,3-9,13H2,1-2H3. The summed E-state index contributed by atoms with van der Waals surface area (Å²) in [5.41, 5.74) is 1.53. The van der Waals surface area contributed by atoms with Crippen molar-refractivity contribution in [3.63, 3.8) is 0 Å². The molecular formula is C17H25N2O3P. The first kappa shape index (κ1) is 17.9. The Morgan fingerprint density at radius 3 is 2.57 bits per heavy atom. The van der Waals surface area contributed by atoms with Crippen LogP contribution in [0.25, 0.3) is 0 Å². The summed E-state index contributed by atoms with van der Waals surface area (Å²) in [7, 11) is 2.78. The predicted molar refractivity (Wildman–Crippen MR) is 95.5 cm³/mol. The second-order valence-corrected chi connectivity index (χ2v) is 6.39. The van der Waals surface area contributed by atoms with Crippen molar-refractivity contribution in [3.05, 3.63) is 23.3 Å². The van der Waals surface area contributed by atoms with E-state index >= 15 is 0 Å². The highest BCUT2D eigenvalue weighted by Crippen LogP contribution is 2.31. The zero-order chi connectivity index (χ0) is 16.7. The third-order valence-electron chi connectivity index (χ3n) is 4.04. The molecule has 1 aliphatic rings. The molecule has 23 heavy (non-hydrogen) atoms. The van der Waals surface area contributed by atoms with Gasteiger partial charge in [-0.3, -0.25) is 14.6 Å². The van der Waals surface area contributed by atoms with Crippen molar-refractivity contribution < 1.29 is 14.3 Å². The first-order chi connectivity index (χ1) is 11.2. The van der Waals surface area contributed by atoms with Gasteiger partial charge >= 0.3 is 0 Å². The lowest BCUT2D eigenvalue weighted by Crippen LogP contribution is -2.46. The maximum atomic E-state index is 10.9. The van der Waals surface area contributed by atoms with Crippen molar-refractivity contribution >= 4 is 20.8 Å². The van der Waals surface area contributed by atoms with Gasteiger partial charge < -0.3 is 9.47 Å². The van der Waals surface area contributed by atoms with E-state index in [1.807, 2.05) is 13.0 Å². The Morgan fingerprint density at radius 2 is 1.96 bits per heavy atom. The summed E-state index contributed by atoms with van der Waals surface area (Å²) in [6.07, 6.45) is 5.76. The number of carbonyl (C=O) groups is 1. The Bertz CT molecular complexity index is 543. The summed E-state index contributed by atoms with van der Waals surface area (Å²) in [6, 6.07) is 3.54. The zero-order valence-corrected chi connectivity index (χ0v) is 14.8. The highest BCUT2D eigenvalue weighted by atomic mass is 31.1. The number of methoxy groups -OCH3 is 1. The van der Waals surface area contributed by atoms with E-state index in [-0.39, 0.29) is 0 Å². The molecule has 1 saturated heterocycles. The number of aryl methyl sites for hydroxylation is 1. The maximum absolute atomic E-state index is 10.9. The van der Waals surface area contributed by atoms with Gasteiger partial charge in [0, 0.05) is 44.6 Å². The van der Waals surface area contributed by atoms with Gasteiger partial charge in [0.05, 0.1) is 7.11 Å². The Hall–Kier alpha value is -1.42. The largest absolute Gasteiger partial charge is 0.493 e. The quantitative estimate of drug-likeness (QED) is 0.537. The second kappa shape index (κ2) is 9.02. The molecule has 0 bridgehead atoms. The molecule has 1 aliphatic heterocycles. The Kier molecular flexibility index (Phi) is 7.03. The molecule has 0 unspecified atom stereocenters. The molecule has 1 heterocycles. The van der Waals surface area contributed by atoms with Crippen molar-refractivity contribution in [1.29, 1.82) is 0 Å². The van der Waals surface area contributed by atoms with Gasteiger partial charge in [-0.1, -0.05) is 14.5 Å². The van der Waals surface area contributed by atoms with E-state index in [2.05, 4.69) is 16.1 Å². The van der Waals surface area contributed by atoms with Crippen LogP contribution in [0.3, 0.4) is 0 Å². The van der Waals surface area contributed by atoms with Crippen LogP contribution in [0, 0.1) is 6.92 Å². The van der Waals surface area contributed by atoms with Crippen LogP contribution < -0.4 is 9.47 Å². The number of hydrogen-bond acceptors (Lipinski definition) is 5. The Morgan fingerprint density at radius 1 is 1.26 bits per heavy atom. The van der Waals surface area contributed by atoms with Crippen molar-refractivity contribution in [2.45, 2.75) is 6.92 Å². The minimum atomic E-state index is 0.604. The van der Waals surface area contributed by atoms with Gasteiger partial charge in [-0.25, -0.2) is 0 Å². The molecule has 0 saturated carbocycles. The average molecular weight is 336 g/mol. The lowest BCUT2D eigenvalue weighted by molar-refractivity contribution is 0.112. The summed E-state index contributed by atoms with van der Waals surface area (Å²) < 4.78 is 11.3. The van der Waals surface area contributed by atoms with E-state index in [4.69, 9.17) is 9.47 Å². The molecule has 2 rings (SSSR count). The van der Waals surface area contributed by atoms with Crippen LogP contribution in [-0.2, 0) is 0 Å². The molecule has 126 valence electrons. The number of hydrogen-bond donors (Lipinski definition) is 0. The van der Waals surface area contributed by atoms with Crippen LogP contribution in [0.5, 0.6) is 11.5 Å². The fraction of sp³-hybridized carbons (Fsp3) is 0.529. The van der Waals surface area contributed by atoms with E-state index in [0.29, 0.717) is 17.9 Å². The van der Waals surface area contributed by atoms with E-state index in [1.54, 1.807) is 13.2 Å². The summed E-state index contributed by atoms with van der Waals surface area (Å²) in [5, 5.41) is 0. The third kappa shape index (κ3) is 5.03. The predicted octanol–water partition coefficient (Wildman–Crippen LogP) is 2.15. The van der Waals surface area contributed by atoms with Gasteiger partial charge in [-0.15, -0.1) is 0 Å². The van der Waals surface area contributed by atoms with Crippen LogP contribution in [0.1, 0.15) is 15.9 Å². The van der Waals surface area contributed by atoms with Gasteiger partial charge in [-0.2, -0.15) is 0 Å². The molecule has 5 nitrogen and oxygen atoms in total. The third-order valence-corrected chi connectivity index (χ3v) is 4.64. The Labute approximate surface area is 140 Å². The molecule has 0 aliphatic carbocycles. The minimum absolute atomic E-state index is 0.604. The fourth-order valence-electron chi connectivity index (χ4n) is 2.75. The zero-order valence-electron chi connectivity index (χ0n) is 14.0. The molecule has 0 aromatic heterocycles. The summed E-state index contributed by atoms with van der Waals surface area (Å²) >= 11 is 0. The van der Waals surface area contributed by atoms with Gasteiger partial charge in [0.25, 0.3) is 0 Å². The highest BCUT2D eigenvalue weighted by Gasteiger charge is 2.16. The molecular weight excluding hydrogens is 311 g/mol. The van der Waals surface area contributed by atoms with Gasteiger partial charge in [-0.05, 0) is 24.6 Å².